The Morgan fingerprint density at radius 2 is 1.36 bits per heavy atom. The molecule has 0 aliphatic carbocycles. The zero-order chi connectivity index (χ0) is 8.10. The van der Waals surface area contributed by atoms with Gasteiger partial charge in [0.1, 0.15) is 0 Å². The van der Waals surface area contributed by atoms with E-state index in [2.05, 4.69) is 23.6 Å². The van der Waals surface area contributed by atoms with E-state index in [9.17, 15) is 0 Å². The molecule has 0 radical (unpaired) electrons. The number of hydrogen-bond donors (Lipinski definition) is 0. The number of hydrogen-bond acceptors (Lipinski definition) is 2. The first-order chi connectivity index (χ1) is 5.36. The van der Waals surface area contributed by atoms with Crippen LogP contribution in [0.25, 0.3) is 0 Å². The first kappa shape index (κ1) is 9.01. The van der Waals surface area contributed by atoms with Gasteiger partial charge in [-0.1, -0.05) is 13.8 Å². The summed E-state index contributed by atoms with van der Waals surface area (Å²) in [6.45, 7) is 10.8. The Morgan fingerprint density at radius 3 is 1.73 bits per heavy atom. The Kier molecular flexibility index (Phi) is 3.87. The van der Waals surface area contributed by atoms with E-state index in [-0.39, 0.29) is 0 Å². The predicted molar refractivity (Wildman–Crippen MR) is 48.6 cm³/mol. The topological polar surface area (TPSA) is 6.48 Å². The summed E-state index contributed by atoms with van der Waals surface area (Å²) in [6, 6.07) is 0. The van der Waals surface area contributed by atoms with Crippen molar-refractivity contribution in [2.45, 2.75) is 26.7 Å². The van der Waals surface area contributed by atoms with Crippen LogP contribution in [0.15, 0.2) is 0 Å². The molecule has 0 saturated carbocycles. The molecule has 1 aliphatic heterocycles. The average molecular weight is 156 g/mol. The van der Waals surface area contributed by atoms with E-state index >= 15 is 0 Å². The highest BCUT2D eigenvalue weighted by molar-refractivity contribution is 4.69. The van der Waals surface area contributed by atoms with Crippen LogP contribution >= 0.6 is 0 Å². The molecule has 66 valence electrons. The molecule has 0 bridgehead atoms. The molecular weight excluding hydrogens is 136 g/mol. The normalized spacial score (nSPS) is 21.3. The van der Waals surface area contributed by atoms with Crippen molar-refractivity contribution < 1.29 is 0 Å². The molecule has 1 rings (SSSR count). The van der Waals surface area contributed by atoms with E-state index in [1.807, 2.05) is 0 Å². The van der Waals surface area contributed by atoms with Crippen molar-refractivity contribution >= 4 is 0 Å². The molecule has 0 aromatic heterocycles. The summed E-state index contributed by atoms with van der Waals surface area (Å²) in [7, 11) is 0. The molecular formula is C9H20N2. The predicted octanol–water partition coefficient (Wildman–Crippen LogP) is 1.38. The Bertz CT molecular complexity index is 91.7. The van der Waals surface area contributed by atoms with Gasteiger partial charge in [-0.25, -0.2) is 0 Å². The van der Waals surface area contributed by atoms with E-state index in [0.29, 0.717) is 0 Å². The van der Waals surface area contributed by atoms with Crippen molar-refractivity contribution in [2.75, 3.05) is 32.8 Å². The Morgan fingerprint density at radius 1 is 0.909 bits per heavy atom. The van der Waals surface area contributed by atoms with Gasteiger partial charge >= 0.3 is 0 Å². The van der Waals surface area contributed by atoms with Crippen LogP contribution in [0.2, 0.25) is 0 Å². The van der Waals surface area contributed by atoms with Crippen LogP contribution in [0, 0.1) is 0 Å². The summed E-state index contributed by atoms with van der Waals surface area (Å²) in [6.07, 6.45) is 2.58. The summed E-state index contributed by atoms with van der Waals surface area (Å²) < 4.78 is 0. The Labute approximate surface area is 70.2 Å². The third-order valence-electron chi connectivity index (χ3n) is 2.21. The van der Waals surface area contributed by atoms with Gasteiger partial charge < -0.3 is 0 Å². The van der Waals surface area contributed by atoms with Crippen molar-refractivity contribution in [3.8, 4) is 0 Å². The fourth-order valence-electron chi connectivity index (χ4n) is 1.70. The molecule has 0 aromatic rings. The monoisotopic (exact) mass is 156 g/mol. The highest BCUT2D eigenvalue weighted by Crippen LogP contribution is 2.05. The Hall–Kier alpha value is -0.0800. The van der Waals surface area contributed by atoms with Gasteiger partial charge in [0.2, 0.25) is 0 Å². The van der Waals surface area contributed by atoms with Crippen molar-refractivity contribution in [2.24, 2.45) is 0 Å². The van der Waals surface area contributed by atoms with Crippen molar-refractivity contribution in [3.05, 3.63) is 0 Å². The molecule has 1 saturated heterocycles. The lowest BCUT2D eigenvalue weighted by Crippen LogP contribution is -2.26. The third kappa shape index (κ3) is 2.80. The minimum atomic E-state index is 1.21. The van der Waals surface area contributed by atoms with Gasteiger partial charge in [0.15, 0.2) is 0 Å². The highest BCUT2D eigenvalue weighted by Gasteiger charge is 2.17. The first-order valence-electron chi connectivity index (χ1n) is 4.81. The van der Waals surface area contributed by atoms with Gasteiger partial charge in [0, 0.05) is 13.1 Å². The molecule has 11 heavy (non-hydrogen) atoms. The van der Waals surface area contributed by atoms with Gasteiger partial charge in [-0.15, -0.1) is 0 Å². The lowest BCUT2D eigenvalue weighted by atomic mass is 10.4. The molecule has 0 unspecified atom stereocenters. The van der Waals surface area contributed by atoms with Crippen LogP contribution in [-0.4, -0.2) is 42.6 Å². The largest absolute Gasteiger partial charge is 0.289 e. The van der Waals surface area contributed by atoms with Crippen LogP contribution in [0.5, 0.6) is 0 Å². The summed E-state index contributed by atoms with van der Waals surface area (Å²) in [5.41, 5.74) is 0. The first-order valence-corrected chi connectivity index (χ1v) is 4.81. The van der Waals surface area contributed by atoms with E-state index in [1.54, 1.807) is 0 Å². The molecule has 0 amide bonds. The lowest BCUT2D eigenvalue weighted by Gasteiger charge is -2.16. The maximum absolute atomic E-state index is 2.54. The molecule has 2 nitrogen and oxygen atoms in total. The van der Waals surface area contributed by atoms with Crippen LogP contribution < -0.4 is 0 Å². The summed E-state index contributed by atoms with van der Waals surface area (Å²) in [5.74, 6) is 0. The highest BCUT2D eigenvalue weighted by atomic mass is 15.4. The maximum atomic E-state index is 2.54. The molecule has 0 spiro atoms. The quantitative estimate of drug-likeness (QED) is 0.607. The molecule has 0 aromatic carbocycles. The average Bonchev–Trinajstić information content (AvgIpc) is 2.38. The van der Waals surface area contributed by atoms with Gasteiger partial charge in [-0.05, 0) is 25.9 Å². The summed E-state index contributed by atoms with van der Waals surface area (Å²) in [4.78, 5) is 5.07. The minimum absolute atomic E-state index is 1.21. The second kappa shape index (κ2) is 4.73. The third-order valence-corrected chi connectivity index (χ3v) is 2.21. The van der Waals surface area contributed by atoms with Crippen LogP contribution in [0.4, 0.5) is 0 Å². The van der Waals surface area contributed by atoms with Crippen molar-refractivity contribution in [1.29, 1.82) is 0 Å². The van der Waals surface area contributed by atoms with Crippen molar-refractivity contribution in [1.82, 2.24) is 9.80 Å². The van der Waals surface area contributed by atoms with Gasteiger partial charge in [-0.3, -0.25) is 9.80 Å². The van der Waals surface area contributed by atoms with Crippen molar-refractivity contribution in [3.63, 3.8) is 0 Å². The fourth-order valence-corrected chi connectivity index (χ4v) is 1.70. The van der Waals surface area contributed by atoms with E-state index in [0.717, 1.165) is 0 Å². The van der Waals surface area contributed by atoms with E-state index in [1.165, 1.54) is 45.7 Å². The molecule has 1 heterocycles. The number of rotatable bonds is 4. The molecule has 1 fully saturated rings. The zero-order valence-electron chi connectivity index (χ0n) is 7.84. The minimum Gasteiger partial charge on any atom is -0.289 e. The van der Waals surface area contributed by atoms with Gasteiger partial charge in [-0.2, -0.15) is 0 Å². The SMILES string of the molecule is CCCN1CCN(CCC)C1. The second-order valence-electron chi connectivity index (χ2n) is 3.38. The number of nitrogens with zero attached hydrogens (tertiary/aromatic N) is 2. The smallest absolute Gasteiger partial charge is 0.0507 e. The standard InChI is InChI=1S/C9H20N2/c1-3-5-10-7-8-11(9-10)6-4-2/h3-9H2,1-2H3. The molecule has 1 aliphatic rings. The zero-order valence-corrected chi connectivity index (χ0v) is 7.84. The molecule has 0 atom stereocenters. The van der Waals surface area contributed by atoms with Crippen LogP contribution in [0.1, 0.15) is 26.7 Å². The fraction of sp³-hybridized carbons (Fsp3) is 1.00. The van der Waals surface area contributed by atoms with Crippen LogP contribution in [-0.2, 0) is 0 Å². The maximum Gasteiger partial charge on any atom is 0.0507 e. The van der Waals surface area contributed by atoms with E-state index in [4.69, 9.17) is 0 Å². The Balaban J connectivity index is 2.12. The molecule has 0 N–H and O–H groups in total. The summed E-state index contributed by atoms with van der Waals surface area (Å²) in [5, 5.41) is 0. The summed E-state index contributed by atoms with van der Waals surface area (Å²) >= 11 is 0. The van der Waals surface area contributed by atoms with Gasteiger partial charge in [0.05, 0.1) is 6.67 Å². The lowest BCUT2D eigenvalue weighted by molar-refractivity contribution is 0.246. The van der Waals surface area contributed by atoms with Crippen LogP contribution in [0.3, 0.4) is 0 Å². The van der Waals surface area contributed by atoms with E-state index < -0.39 is 0 Å². The molecule has 2 heteroatoms. The second-order valence-corrected chi connectivity index (χ2v) is 3.38. The van der Waals surface area contributed by atoms with Gasteiger partial charge in [0.25, 0.3) is 0 Å².